The van der Waals surface area contributed by atoms with E-state index in [4.69, 9.17) is 14.2 Å². The molecule has 0 saturated carbocycles. The van der Waals surface area contributed by atoms with E-state index in [2.05, 4.69) is 15.8 Å². The van der Waals surface area contributed by atoms with Gasteiger partial charge in [0.05, 0.1) is 6.61 Å². The number of rotatable bonds is 10. The highest BCUT2D eigenvalue weighted by Crippen LogP contribution is 2.30. The minimum Gasteiger partial charge on any atom is -0.490 e. The second-order valence-electron chi connectivity index (χ2n) is 7.90. The number of hydrogen-bond donors (Lipinski definition) is 2. The Labute approximate surface area is 215 Å². The number of nitrogens with zero attached hydrogens (tertiary/aromatic N) is 1. The van der Waals surface area contributed by atoms with Gasteiger partial charge in [-0.25, -0.2) is 0 Å². The quantitative estimate of drug-likeness (QED) is 0.312. The number of pyridine rings is 1. The number of ether oxygens (including phenoxy) is 3. The number of benzene rings is 3. The zero-order chi connectivity index (χ0) is 25.9. The van der Waals surface area contributed by atoms with Crippen LogP contribution in [-0.4, -0.2) is 30.0 Å². The van der Waals surface area contributed by atoms with Gasteiger partial charge in [-0.05, 0) is 42.8 Å². The lowest BCUT2D eigenvalue weighted by Gasteiger charge is -2.14. The van der Waals surface area contributed by atoms with Gasteiger partial charge in [-0.15, -0.1) is 0 Å². The summed E-state index contributed by atoms with van der Waals surface area (Å²) in [5, 5.41) is 0. The van der Waals surface area contributed by atoms with Crippen molar-refractivity contribution in [3.8, 4) is 28.4 Å². The molecule has 0 spiro atoms. The molecule has 1 heterocycles. The van der Waals surface area contributed by atoms with Crippen molar-refractivity contribution in [1.29, 1.82) is 0 Å². The first-order valence-electron chi connectivity index (χ1n) is 11.8. The van der Waals surface area contributed by atoms with E-state index >= 15 is 0 Å². The first-order valence-corrected chi connectivity index (χ1v) is 11.8. The molecular weight excluding hydrogens is 470 g/mol. The first-order chi connectivity index (χ1) is 18.1. The Morgan fingerprint density at radius 1 is 0.784 bits per heavy atom. The molecule has 0 unspecified atom stereocenters. The third-order valence-electron chi connectivity index (χ3n) is 5.27. The highest BCUT2D eigenvalue weighted by Gasteiger charge is 2.14. The van der Waals surface area contributed by atoms with Gasteiger partial charge in [0.1, 0.15) is 12.4 Å². The summed E-state index contributed by atoms with van der Waals surface area (Å²) in [6.45, 7) is 2.28. The van der Waals surface area contributed by atoms with E-state index in [0.717, 1.165) is 16.7 Å². The van der Waals surface area contributed by atoms with Gasteiger partial charge < -0.3 is 14.2 Å². The van der Waals surface area contributed by atoms with Gasteiger partial charge >= 0.3 is 0 Å². The molecule has 0 aliphatic heterocycles. The summed E-state index contributed by atoms with van der Waals surface area (Å²) in [6.07, 6.45) is 3.41. The van der Waals surface area contributed by atoms with Crippen molar-refractivity contribution < 1.29 is 23.8 Å². The molecule has 8 nitrogen and oxygen atoms in total. The highest BCUT2D eigenvalue weighted by atomic mass is 16.5. The number of aromatic nitrogens is 1. The molecular formula is C29H27N3O5. The van der Waals surface area contributed by atoms with Crippen LogP contribution >= 0.6 is 0 Å². The standard InChI is InChI=1S/C29H27N3O5/c1-2-35-27-17-23(14-15-26(27)36-19-21-9-8-16-30-18-21)29(34)32-31-28(33)20-37-25-13-7-6-12-24(25)22-10-4-3-5-11-22/h3-18H,2,19-20H2,1H3,(H,31,33)(H,32,34). The zero-order valence-corrected chi connectivity index (χ0v) is 20.3. The average molecular weight is 498 g/mol. The van der Waals surface area contributed by atoms with Crippen LogP contribution in [0.15, 0.2) is 97.3 Å². The van der Waals surface area contributed by atoms with Crippen LogP contribution in [0, 0.1) is 0 Å². The van der Waals surface area contributed by atoms with Gasteiger partial charge in [-0.1, -0.05) is 54.6 Å². The molecule has 0 aliphatic rings. The number of hydrazine groups is 1. The van der Waals surface area contributed by atoms with Crippen molar-refractivity contribution in [2.75, 3.05) is 13.2 Å². The van der Waals surface area contributed by atoms with E-state index in [0.29, 0.717) is 36.0 Å². The molecule has 0 atom stereocenters. The van der Waals surface area contributed by atoms with Crippen molar-refractivity contribution in [3.63, 3.8) is 0 Å². The average Bonchev–Trinajstić information content (AvgIpc) is 2.95. The number of nitrogens with one attached hydrogen (secondary N) is 2. The second kappa shape index (κ2) is 12.7. The maximum atomic E-state index is 12.6. The number of amides is 2. The lowest BCUT2D eigenvalue weighted by atomic mass is 10.1. The van der Waals surface area contributed by atoms with Gasteiger partial charge in [-0.2, -0.15) is 0 Å². The van der Waals surface area contributed by atoms with Crippen molar-refractivity contribution in [2.45, 2.75) is 13.5 Å². The van der Waals surface area contributed by atoms with Crippen LogP contribution in [0.2, 0.25) is 0 Å². The van der Waals surface area contributed by atoms with E-state index in [1.165, 1.54) is 0 Å². The van der Waals surface area contributed by atoms with E-state index in [-0.39, 0.29) is 6.61 Å². The number of carbonyl (C=O) groups excluding carboxylic acids is 2. The molecule has 2 N–H and O–H groups in total. The van der Waals surface area contributed by atoms with Crippen LogP contribution in [0.25, 0.3) is 11.1 Å². The molecule has 3 aromatic carbocycles. The molecule has 4 rings (SSSR count). The Morgan fingerprint density at radius 2 is 1.59 bits per heavy atom. The van der Waals surface area contributed by atoms with Crippen LogP contribution in [-0.2, 0) is 11.4 Å². The minimum absolute atomic E-state index is 0.268. The van der Waals surface area contributed by atoms with Crippen LogP contribution in [0.3, 0.4) is 0 Å². The topological polar surface area (TPSA) is 98.8 Å². The predicted octanol–water partition coefficient (Wildman–Crippen LogP) is 4.57. The Hall–Kier alpha value is -4.85. The van der Waals surface area contributed by atoms with E-state index in [9.17, 15) is 9.59 Å². The maximum absolute atomic E-state index is 12.6. The molecule has 8 heteroatoms. The number of para-hydroxylation sites is 1. The summed E-state index contributed by atoms with van der Waals surface area (Å²) in [6, 6.07) is 25.7. The molecule has 0 bridgehead atoms. The molecule has 0 fully saturated rings. The number of carbonyl (C=O) groups is 2. The molecule has 0 saturated heterocycles. The summed E-state index contributed by atoms with van der Waals surface area (Å²) in [5.41, 5.74) is 7.84. The molecule has 188 valence electrons. The summed E-state index contributed by atoms with van der Waals surface area (Å²) < 4.78 is 17.2. The Balaban J connectivity index is 1.32. The Bertz CT molecular complexity index is 1330. The maximum Gasteiger partial charge on any atom is 0.276 e. The van der Waals surface area contributed by atoms with Crippen molar-refractivity contribution in [1.82, 2.24) is 15.8 Å². The molecule has 0 aliphatic carbocycles. The van der Waals surface area contributed by atoms with Gasteiger partial charge in [0.2, 0.25) is 0 Å². The fourth-order valence-corrected chi connectivity index (χ4v) is 3.51. The normalized spacial score (nSPS) is 10.3. The van der Waals surface area contributed by atoms with Crippen molar-refractivity contribution >= 4 is 11.8 Å². The fraction of sp³-hybridized carbons (Fsp3) is 0.138. The largest absolute Gasteiger partial charge is 0.490 e. The van der Waals surface area contributed by atoms with Gasteiger partial charge in [-0.3, -0.25) is 25.4 Å². The third kappa shape index (κ3) is 7.08. The van der Waals surface area contributed by atoms with Crippen LogP contribution in [0.5, 0.6) is 17.2 Å². The molecule has 37 heavy (non-hydrogen) atoms. The predicted molar refractivity (Wildman–Crippen MR) is 139 cm³/mol. The molecule has 0 radical (unpaired) electrons. The zero-order valence-electron chi connectivity index (χ0n) is 20.3. The fourth-order valence-electron chi connectivity index (χ4n) is 3.51. The monoisotopic (exact) mass is 497 g/mol. The van der Waals surface area contributed by atoms with Crippen LogP contribution < -0.4 is 25.1 Å². The van der Waals surface area contributed by atoms with E-state index in [1.54, 1.807) is 36.7 Å². The summed E-state index contributed by atoms with van der Waals surface area (Å²) in [5.74, 6) is 0.483. The molecule has 4 aromatic rings. The van der Waals surface area contributed by atoms with Gasteiger partial charge in [0.15, 0.2) is 18.1 Å². The van der Waals surface area contributed by atoms with Gasteiger partial charge in [0.25, 0.3) is 11.8 Å². The van der Waals surface area contributed by atoms with Crippen molar-refractivity contribution in [2.24, 2.45) is 0 Å². The van der Waals surface area contributed by atoms with E-state index < -0.39 is 11.8 Å². The minimum atomic E-state index is -0.502. The van der Waals surface area contributed by atoms with Crippen LogP contribution in [0.1, 0.15) is 22.8 Å². The summed E-state index contributed by atoms with van der Waals surface area (Å²) in [4.78, 5) is 29.0. The number of hydrogen-bond acceptors (Lipinski definition) is 6. The Morgan fingerprint density at radius 3 is 2.38 bits per heavy atom. The van der Waals surface area contributed by atoms with Crippen LogP contribution in [0.4, 0.5) is 0 Å². The van der Waals surface area contributed by atoms with E-state index in [1.807, 2.05) is 67.6 Å². The lowest BCUT2D eigenvalue weighted by Crippen LogP contribution is -2.43. The molecule has 1 aromatic heterocycles. The first kappa shape index (κ1) is 25.2. The summed E-state index contributed by atoms with van der Waals surface area (Å²) >= 11 is 0. The Kier molecular flexibility index (Phi) is 8.69. The highest BCUT2D eigenvalue weighted by molar-refractivity contribution is 5.96. The lowest BCUT2D eigenvalue weighted by molar-refractivity contribution is -0.123. The van der Waals surface area contributed by atoms with Gasteiger partial charge in [0, 0.05) is 29.1 Å². The smallest absolute Gasteiger partial charge is 0.276 e. The van der Waals surface area contributed by atoms with Crippen molar-refractivity contribution in [3.05, 3.63) is 108 Å². The SMILES string of the molecule is CCOc1cc(C(=O)NNC(=O)COc2ccccc2-c2ccccc2)ccc1OCc1cccnc1. The summed E-state index contributed by atoms with van der Waals surface area (Å²) in [7, 11) is 0. The third-order valence-corrected chi connectivity index (χ3v) is 5.27. The molecule has 2 amide bonds. The second-order valence-corrected chi connectivity index (χ2v) is 7.90.